The number of rotatable bonds is 0. The van der Waals surface area contributed by atoms with Gasteiger partial charge in [0.2, 0.25) is 0 Å². The Morgan fingerprint density at radius 1 is 1.55 bits per heavy atom. The van der Waals surface area contributed by atoms with E-state index in [1.54, 1.807) is 0 Å². The molecule has 60 valence electrons. The van der Waals surface area contributed by atoms with E-state index in [0.29, 0.717) is 0 Å². The molecule has 2 aliphatic rings. The smallest absolute Gasteiger partial charge is 0.118 e. The molecule has 0 aromatic heterocycles. The largest absolute Gasteiger partial charge is 0.494 e. The minimum atomic E-state index is 0.718. The van der Waals surface area contributed by atoms with Crippen LogP contribution >= 0.6 is 0 Å². The number of ether oxygens (including phenoxy) is 1. The first-order valence-corrected chi connectivity index (χ1v) is 4.40. The summed E-state index contributed by atoms with van der Waals surface area (Å²) < 4.78 is 5.52. The summed E-state index contributed by atoms with van der Waals surface area (Å²) >= 11 is 0. The van der Waals surface area contributed by atoms with Gasteiger partial charge in [0.05, 0.1) is 6.61 Å². The topological polar surface area (TPSA) is 9.23 Å². The van der Waals surface area contributed by atoms with Crippen LogP contribution in [0.4, 0.5) is 0 Å². The highest BCUT2D eigenvalue weighted by Gasteiger charge is 2.16. The van der Waals surface area contributed by atoms with E-state index in [1.165, 1.54) is 18.4 Å². The first-order chi connectivity index (χ1) is 5.36. The van der Waals surface area contributed by atoms with E-state index in [2.05, 4.69) is 19.1 Å². The lowest BCUT2D eigenvalue weighted by Gasteiger charge is -2.24. The zero-order valence-corrected chi connectivity index (χ0v) is 6.97. The van der Waals surface area contributed by atoms with Crippen molar-refractivity contribution in [2.24, 2.45) is 5.92 Å². The van der Waals surface area contributed by atoms with Crippen LogP contribution in [-0.4, -0.2) is 6.61 Å². The molecule has 1 aliphatic carbocycles. The minimum Gasteiger partial charge on any atom is -0.494 e. The van der Waals surface area contributed by atoms with Gasteiger partial charge in [0.25, 0.3) is 0 Å². The van der Waals surface area contributed by atoms with Crippen LogP contribution in [-0.2, 0) is 4.74 Å². The Balaban J connectivity index is 2.19. The van der Waals surface area contributed by atoms with Crippen LogP contribution in [0.25, 0.3) is 0 Å². The zero-order chi connectivity index (χ0) is 7.68. The second-order valence-electron chi connectivity index (χ2n) is 3.43. The number of fused-ring (bicyclic) bond motifs is 1. The third-order valence-corrected chi connectivity index (χ3v) is 2.33. The summed E-state index contributed by atoms with van der Waals surface area (Å²) in [5, 5.41) is 0. The van der Waals surface area contributed by atoms with Crippen LogP contribution in [0.1, 0.15) is 26.2 Å². The Labute approximate surface area is 67.7 Å². The summed E-state index contributed by atoms with van der Waals surface area (Å²) in [5.74, 6) is 1.88. The second-order valence-corrected chi connectivity index (χ2v) is 3.43. The van der Waals surface area contributed by atoms with Crippen molar-refractivity contribution >= 4 is 0 Å². The molecule has 1 fully saturated rings. The fourth-order valence-electron chi connectivity index (χ4n) is 1.72. The van der Waals surface area contributed by atoms with Crippen LogP contribution in [0.3, 0.4) is 0 Å². The standard InChI is InChI=1S/C10H14O/c1-8-4-5-10-9(7-8)3-2-6-11-10/h5,7-8H,2-4,6H2,1H3/t8-/m0/s1. The summed E-state index contributed by atoms with van der Waals surface area (Å²) in [4.78, 5) is 0. The van der Waals surface area contributed by atoms with Crippen LogP contribution in [0, 0.1) is 5.92 Å². The molecule has 0 saturated carbocycles. The maximum atomic E-state index is 5.52. The van der Waals surface area contributed by atoms with Gasteiger partial charge in [-0.1, -0.05) is 13.0 Å². The number of allylic oxidation sites excluding steroid dienone is 3. The molecule has 0 aromatic carbocycles. The normalized spacial score (nSPS) is 29.7. The SMILES string of the molecule is C[C@@H]1C=C2CCCOC2=CC1. The highest BCUT2D eigenvalue weighted by atomic mass is 16.5. The molecule has 0 N–H and O–H groups in total. The van der Waals surface area contributed by atoms with Gasteiger partial charge >= 0.3 is 0 Å². The lowest BCUT2D eigenvalue weighted by Crippen LogP contribution is -2.11. The van der Waals surface area contributed by atoms with Gasteiger partial charge in [-0.05, 0) is 36.8 Å². The van der Waals surface area contributed by atoms with Crippen molar-refractivity contribution in [3.05, 3.63) is 23.5 Å². The number of hydrogen-bond donors (Lipinski definition) is 0. The average Bonchev–Trinajstić information content (AvgIpc) is 2.04. The summed E-state index contributed by atoms with van der Waals surface area (Å²) in [6.45, 7) is 3.17. The summed E-state index contributed by atoms with van der Waals surface area (Å²) in [6.07, 6.45) is 8.15. The van der Waals surface area contributed by atoms with E-state index in [1.807, 2.05) is 0 Å². The molecular formula is C10H14O. The van der Waals surface area contributed by atoms with Crippen LogP contribution in [0.2, 0.25) is 0 Å². The molecule has 0 radical (unpaired) electrons. The van der Waals surface area contributed by atoms with Gasteiger partial charge in [-0.15, -0.1) is 0 Å². The Bertz CT molecular complexity index is 213. The Kier molecular flexibility index (Phi) is 1.72. The van der Waals surface area contributed by atoms with E-state index >= 15 is 0 Å². The van der Waals surface area contributed by atoms with E-state index in [-0.39, 0.29) is 0 Å². The number of hydrogen-bond acceptors (Lipinski definition) is 1. The predicted octanol–water partition coefficient (Wildman–Crippen LogP) is 2.65. The molecule has 0 amide bonds. The molecule has 1 saturated heterocycles. The second kappa shape index (κ2) is 2.72. The van der Waals surface area contributed by atoms with Crippen molar-refractivity contribution in [1.82, 2.24) is 0 Å². The monoisotopic (exact) mass is 150 g/mol. The molecule has 0 aromatic rings. The molecule has 0 spiro atoms. The fraction of sp³-hybridized carbons (Fsp3) is 0.600. The Hall–Kier alpha value is -0.720. The highest BCUT2D eigenvalue weighted by molar-refractivity contribution is 5.31. The Morgan fingerprint density at radius 3 is 3.36 bits per heavy atom. The molecular weight excluding hydrogens is 136 g/mol. The van der Waals surface area contributed by atoms with Gasteiger partial charge in [0, 0.05) is 0 Å². The highest BCUT2D eigenvalue weighted by Crippen LogP contribution is 2.29. The molecule has 11 heavy (non-hydrogen) atoms. The van der Waals surface area contributed by atoms with E-state index < -0.39 is 0 Å². The Morgan fingerprint density at radius 2 is 2.45 bits per heavy atom. The molecule has 1 aliphatic heterocycles. The minimum absolute atomic E-state index is 0.718. The molecule has 1 heteroatoms. The van der Waals surface area contributed by atoms with Crippen molar-refractivity contribution in [3.63, 3.8) is 0 Å². The van der Waals surface area contributed by atoms with E-state index in [4.69, 9.17) is 4.74 Å². The molecule has 0 bridgehead atoms. The third kappa shape index (κ3) is 1.32. The maximum Gasteiger partial charge on any atom is 0.118 e. The molecule has 1 heterocycles. The predicted molar refractivity (Wildman–Crippen MR) is 45.1 cm³/mol. The summed E-state index contributed by atoms with van der Waals surface area (Å²) in [6, 6.07) is 0. The van der Waals surface area contributed by atoms with Crippen LogP contribution in [0.5, 0.6) is 0 Å². The quantitative estimate of drug-likeness (QED) is 0.516. The summed E-state index contributed by atoms with van der Waals surface area (Å²) in [7, 11) is 0. The molecule has 2 rings (SSSR count). The van der Waals surface area contributed by atoms with Crippen molar-refractivity contribution < 1.29 is 4.74 Å². The fourth-order valence-corrected chi connectivity index (χ4v) is 1.72. The zero-order valence-electron chi connectivity index (χ0n) is 6.97. The van der Waals surface area contributed by atoms with Gasteiger partial charge in [-0.3, -0.25) is 0 Å². The third-order valence-electron chi connectivity index (χ3n) is 2.33. The van der Waals surface area contributed by atoms with Crippen LogP contribution in [0.15, 0.2) is 23.5 Å². The lowest BCUT2D eigenvalue weighted by molar-refractivity contribution is 0.190. The molecule has 0 unspecified atom stereocenters. The summed E-state index contributed by atoms with van der Waals surface area (Å²) in [5.41, 5.74) is 1.44. The van der Waals surface area contributed by atoms with Crippen molar-refractivity contribution in [2.75, 3.05) is 6.61 Å². The molecule has 1 atom stereocenters. The van der Waals surface area contributed by atoms with Gasteiger partial charge in [0.15, 0.2) is 0 Å². The average molecular weight is 150 g/mol. The van der Waals surface area contributed by atoms with Crippen molar-refractivity contribution in [2.45, 2.75) is 26.2 Å². The maximum absolute atomic E-state index is 5.52. The molecule has 1 nitrogen and oxygen atoms in total. The van der Waals surface area contributed by atoms with Gasteiger partial charge in [-0.2, -0.15) is 0 Å². The lowest BCUT2D eigenvalue weighted by atomic mass is 9.93. The van der Waals surface area contributed by atoms with Crippen molar-refractivity contribution in [3.8, 4) is 0 Å². The van der Waals surface area contributed by atoms with E-state index in [0.717, 1.165) is 24.7 Å². The van der Waals surface area contributed by atoms with Crippen molar-refractivity contribution in [1.29, 1.82) is 0 Å². The van der Waals surface area contributed by atoms with Crippen LogP contribution < -0.4 is 0 Å². The van der Waals surface area contributed by atoms with Gasteiger partial charge in [0.1, 0.15) is 5.76 Å². The van der Waals surface area contributed by atoms with E-state index in [9.17, 15) is 0 Å². The first kappa shape index (κ1) is 6.96. The van der Waals surface area contributed by atoms with Gasteiger partial charge in [-0.25, -0.2) is 0 Å². The van der Waals surface area contributed by atoms with Gasteiger partial charge < -0.3 is 4.74 Å². The first-order valence-electron chi connectivity index (χ1n) is 4.40.